The number of carbonyl (C=O) groups excluding carboxylic acids is 1. The van der Waals surface area contributed by atoms with Gasteiger partial charge in [-0.05, 0) is 30.9 Å². The highest BCUT2D eigenvalue weighted by Gasteiger charge is 2.40. The minimum Gasteiger partial charge on any atom is -0.478 e. The number of piperidine rings is 1. The van der Waals surface area contributed by atoms with Gasteiger partial charge in [-0.2, -0.15) is 12.6 Å². The van der Waals surface area contributed by atoms with Crippen molar-refractivity contribution in [1.82, 2.24) is 4.90 Å². The first kappa shape index (κ1) is 17.2. The smallest absolute Gasteiger partial charge is 0.328 e. The summed E-state index contributed by atoms with van der Waals surface area (Å²) in [6, 6.07) is 5.69. The molecule has 0 bridgehead atoms. The lowest BCUT2D eigenvalue weighted by Gasteiger charge is -2.37. The van der Waals surface area contributed by atoms with Gasteiger partial charge in [-0.25, -0.2) is 9.18 Å². The monoisotopic (exact) mass is 349 g/mol. The first-order chi connectivity index (χ1) is 11.5. The van der Waals surface area contributed by atoms with Gasteiger partial charge in [-0.1, -0.05) is 18.2 Å². The maximum Gasteiger partial charge on any atom is 0.328 e. The molecule has 1 aromatic carbocycles. The molecule has 0 spiro atoms. The Labute approximate surface area is 145 Å². The highest BCUT2D eigenvalue weighted by molar-refractivity contribution is 7.81. The van der Waals surface area contributed by atoms with Crippen LogP contribution in [0.25, 0.3) is 0 Å². The van der Waals surface area contributed by atoms with E-state index in [-0.39, 0.29) is 17.0 Å². The lowest BCUT2D eigenvalue weighted by Crippen LogP contribution is -2.42. The predicted molar refractivity (Wildman–Crippen MR) is 91.6 cm³/mol. The molecule has 6 heteroatoms. The van der Waals surface area contributed by atoms with E-state index in [1.807, 2.05) is 4.90 Å². The Morgan fingerprint density at radius 2 is 2.00 bits per heavy atom. The van der Waals surface area contributed by atoms with Gasteiger partial charge in [0.2, 0.25) is 0 Å². The van der Waals surface area contributed by atoms with E-state index in [9.17, 15) is 14.0 Å². The van der Waals surface area contributed by atoms with Crippen molar-refractivity contribution in [2.75, 3.05) is 13.1 Å². The van der Waals surface area contributed by atoms with Crippen LogP contribution in [0.15, 0.2) is 35.9 Å². The van der Waals surface area contributed by atoms with Crippen molar-refractivity contribution < 1.29 is 19.1 Å². The number of carboxylic acids is 1. The van der Waals surface area contributed by atoms with Gasteiger partial charge >= 0.3 is 5.97 Å². The van der Waals surface area contributed by atoms with Crippen LogP contribution in [0.2, 0.25) is 0 Å². The second-order valence-corrected chi connectivity index (χ2v) is 7.06. The zero-order valence-corrected chi connectivity index (χ0v) is 14.1. The summed E-state index contributed by atoms with van der Waals surface area (Å²) in [4.78, 5) is 25.7. The van der Waals surface area contributed by atoms with Gasteiger partial charge in [0.05, 0.1) is 6.04 Å². The molecule has 1 aromatic rings. The molecule has 24 heavy (non-hydrogen) atoms. The molecule has 3 rings (SSSR count). The highest BCUT2D eigenvalue weighted by atomic mass is 32.1. The van der Waals surface area contributed by atoms with E-state index in [0.29, 0.717) is 30.6 Å². The molecule has 1 saturated heterocycles. The van der Waals surface area contributed by atoms with E-state index >= 15 is 0 Å². The molecule has 1 aliphatic heterocycles. The molecule has 0 amide bonds. The minimum absolute atomic E-state index is 0.00441. The van der Waals surface area contributed by atoms with Gasteiger partial charge in [0.25, 0.3) is 0 Å². The van der Waals surface area contributed by atoms with E-state index < -0.39 is 17.8 Å². The molecule has 2 unspecified atom stereocenters. The first-order valence-corrected chi connectivity index (χ1v) is 8.62. The number of aliphatic carboxylic acids is 1. The van der Waals surface area contributed by atoms with Crippen LogP contribution in [0.3, 0.4) is 0 Å². The fraction of sp³-hybridized carbons (Fsp3) is 0.444. The summed E-state index contributed by atoms with van der Waals surface area (Å²) >= 11 is 4.44. The van der Waals surface area contributed by atoms with Gasteiger partial charge in [0.1, 0.15) is 5.82 Å². The molecule has 128 valence electrons. The number of carboxylic acid groups (broad SMARTS) is 1. The molecule has 2 fully saturated rings. The van der Waals surface area contributed by atoms with Crippen molar-refractivity contribution in [1.29, 1.82) is 0 Å². The summed E-state index contributed by atoms with van der Waals surface area (Å²) in [5.74, 6) is -1.39. The highest BCUT2D eigenvalue weighted by Crippen LogP contribution is 2.39. The number of rotatable bonds is 5. The average Bonchev–Trinajstić information content (AvgIpc) is 3.36. The quantitative estimate of drug-likeness (QED) is 0.634. The van der Waals surface area contributed by atoms with E-state index in [4.69, 9.17) is 5.11 Å². The Hall–Kier alpha value is -1.66. The predicted octanol–water partition coefficient (Wildman–Crippen LogP) is 2.86. The van der Waals surface area contributed by atoms with Crippen molar-refractivity contribution in [3.8, 4) is 0 Å². The Kier molecular flexibility index (Phi) is 5.06. The molecule has 0 radical (unpaired) electrons. The maximum atomic E-state index is 14.3. The number of likely N-dealkylation sites (tertiary alicyclic amines) is 1. The fourth-order valence-electron chi connectivity index (χ4n) is 3.23. The third-order valence-electron chi connectivity index (χ3n) is 4.63. The van der Waals surface area contributed by atoms with Crippen LogP contribution in [-0.2, 0) is 9.59 Å². The Bertz CT molecular complexity index is 687. The average molecular weight is 349 g/mol. The van der Waals surface area contributed by atoms with Crippen LogP contribution in [0.1, 0.15) is 30.9 Å². The maximum absolute atomic E-state index is 14.3. The van der Waals surface area contributed by atoms with Gasteiger partial charge in [0, 0.05) is 35.9 Å². The van der Waals surface area contributed by atoms with Crippen LogP contribution in [0, 0.1) is 11.7 Å². The van der Waals surface area contributed by atoms with Gasteiger partial charge in [-0.15, -0.1) is 0 Å². The number of carbonyl (C=O) groups is 2. The summed E-state index contributed by atoms with van der Waals surface area (Å²) in [5.41, 5.74) is 1.03. The number of nitrogens with zero attached hydrogens (tertiary/aromatic N) is 1. The minimum atomic E-state index is -1.03. The van der Waals surface area contributed by atoms with Crippen LogP contribution in [-0.4, -0.2) is 40.1 Å². The lowest BCUT2D eigenvalue weighted by atomic mass is 9.93. The van der Waals surface area contributed by atoms with Crippen LogP contribution in [0.4, 0.5) is 4.39 Å². The Morgan fingerprint density at radius 3 is 2.62 bits per heavy atom. The van der Waals surface area contributed by atoms with Crippen molar-refractivity contribution in [2.24, 2.45) is 5.92 Å². The first-order valence-electron chi connectivity index (χ1n) is 8.11. The third-order valence-corrected chi connectivity index (χ3v) is 5.22. The number of hydrogen-bond donors (Lipinski definition) is 2. The number of Topliss-reactive ketones (excluding diaryl/α,β-unsaturated/α-hetero) is 1. The molecule has 1 heterocycles. The number of thiol groups is 1. The molecule has 1 saturated carbocycles. The number of hydrogen-bond acceptors (Lipinski definition) is 4. The van der Waals surface area contributed by atoms with Crippen molar-refractivity contribution in [3.05, 3.63) is 47.3 Å². The molecular weight excluding hydrogens is 329 g/mol. The van der Waals surface area contributed by atoms with E-state index in [0.717, 1.165) is 18.9 Å². The standard InChI is InChI=1S/C18H20FNO3S/c19-14-4-2-1-3-13(14)17(18(23)11-5-6-11)20-8-7-15(24)12(10-20)9-16(21)22/h1-4,9,11,15,17,24H,5-8,10H2,(H,21,22). The summed E-state index contributed by atoms with van der Waals surface area (Å²) < 4.78 is 14.3. The van der Waals surface area contributed by atoms with Crippen molar-refractivity contribution in [3.63, 3.8) is 0 Å². The summed E-state index contributed by atoms with van der Waals surface area (Å²) in [7, 11) is 0. The molecule has 1 N–H and O–H groups in total. The SMILES string of the molecule is O=C(O)C=C1CN(C(C(=O)C2CC2)c2ccccc2F)CCC1S. The molecule has 0 aromatic heterocycles. The van der Waals surface area contributed by atoms with Crippen molar-refractivity contribution in [2.45, 2.75) is 30.6 Å². The molecule has 1 aliphatic carbocycles. The van der Waals surface area contributed by atoms with E-state index in [1.54, 1.807) is 18.2 Å². The van der Waals surface area contributed by atoms with Crippen LogP contribution >= 0.6 is 12.6 Å². The van der Waals surface area contributed by atoms with Gasteiger partial charge in [0.15, 0.2) is 5.78 Å². The zero-order chi connectivity index (χ0) is 17.3. The molecular formula is C18H20FNO3S. The number of halogens is 1. The van der Waals surface area contributed by atoms with Crippen molar-refractivity contribution >= 4 is 24.4 Å². The fourth-order valence-corrected chi connectivity index (χ4v) is 3.50. The number of benzene rings is 1. The van der Waals surface area contributed by atoms with Crippen LogP contribution in [0.5, 0.6) is 0 Å². The Balaban J connectivity index is 1.92. The van der Waals surface area contributed by atoms with Gasteiger partial charge in [-0.3, -0.25) is 9.69 Å². The Morgan fingerprint density at radius 1 is 1.29 bits per heavy atom. The third kappa shape index (κ3) is 3.70. The molecule has 2 aliphatic rings. The zero-order valence-electron chi connectivity index (χ0n) is 13.2. The largest absolute Gasteiger partial charge is 0.478 e. The normalized spacial score (nSPS) is 24.8. The topological polar surface area (TPSA) is 57.6 Å². The summed E-state index contributed by atoms with van der Waals surface area (Å²) in [5, 5.41) is 8.88. The summed E-state index contributed by atoms with van der Waals surface area (Å²) in [6.07, 6.45) is 3.49. The number of ketones is 1. The lowest BCUT2D eigenvalue weighted by molar-refractivity contribution is -0.131. The second kappa shape index (κ2) is 7.07. The summed E-state index contributed by atoms with van der Waals surface area (Å²) in [6.45, 7) is 0.903. The van der Waals surface area contributed by atoms with E-state index in [2.05, 4.69) is 12.6 Å². The van der Waals surface area contributed by atoms with Crippen LogP contribution < -0.4 is 0 Å². The molecule has 2 atom stereocenters. The second-order valence-electron chi connectivity index (χ2n) is 6.43. The molecule has 4 nitrogen and oxygen atoms in total. The van der Waals surface area contributed by atoms with Gasteiger partial charge < -0.3 is 5.11 Å². The van der Waals surface area contributed by atoms with E-state index in [1.165, 1.54) is 6.07 Å².